The molecule has 38 heavy (non-hydrogen) atoms. The maximum Gasteiger partial charge on any atom is 0.264 e. The van der Waals surface area contributed by atoms with Gasteiger partial charge in [-0.15, -0.1) is 0 Å². The smallest absolute Gasteiger partial charge is 0.264 e. The van der Waals surface area contributed by atoms with Crippen molar-refractivity contribution >= 4 is 33.7 Å². The Morgan fingerprint density at radius 3 is 2.18 bits per heavy atom. The molecule has 0 aromatic heterocycles. The molecule has 1 aliphatic rings. The highest BCUT2D eigenvalue weighted by atomic mass is 32.2. The highest BCUT2D eigenvalue weighted by molar-refractivity contribution is 7.92. The number of carbonyl (C=O) groups is 2. The molecule has 0 atom stereocenters. The van der Waals surface area contributed by atoms with Crippen molar-refractivity contribution in [3.63, 3.8) is 0 Å². The van der Waals surface area contributed by atoms with Crippen LogP contribution in [0.2, 0.25) is 0 Å². The number of hydrogen-bond donors (Lipinski definition) is 1. The lowest BCUT2D eigenvalue weighted by Crippen LogP contribution is -2.39. The number of amides is 2. The molecule has 198 valence electrons. The summed E-state index contributed by atoms with van der Waals surface area (Å²) in [5.74, 6) is -0.0566. The third-order valence-corrected chi connectivity index (χ3v) is 7.80. The first-order valence-electron chi connectivity index (χ1n) is 12.4. The zero-order chi connectivity index (χ0) is 26.8. The van der Waals surface area contributed by atoms with Crippen LogP contribution in [0.3, 0.4) is 0 Å². The van der Waals surface area contributed by atoms with Gasteiger partial charge in [0, 0.05) is 13.1 Å². The van der Waals surface area contributed by atoms with Crippen LogP contribution < -0.4 is 14.5 Å². The van der Waals surface area contributed by atoms with E-state index in [0.717, 1.165) is 36.7 Å². The number of para-hydroxylation sites is 1. The zero-order valence-corrected chi connectivity index (χ0v) is 21.7. The van der Waals surface area contributed by atoms with Crippen LogP contribution >= 0.6 is 0 Å². The number of likely N-dealkylation sites (tertiary alicyclic amines) is 1. The van der Waals surface area contributed by atoms with Gasteiger partial charge in [0.25, 0.3) is 21.8 Å². The Balaban J connectivity index is 1.33. The first-order valence-corrected chi connectivity index (χ1v) is 13.8. The van der Waals surface area contributed by atoms with Crippen molar-refractivity contribution in [1.29, 1.82) is 0 Å². The third kappa shape index (κ3) is 7.19. The number of hydrogen-bond acceptors (Lipinski definition) is 6. The van der Waals surface area contributed by atoms with Crippen molar-refractivity contribution in [2.24, 2.45) is 5.10 Å². The maximum atomic E-state index is 13.3. The molecule has 0 radical (unpaired) electrons. The minimum absolute atomic E-state index is 0.00665. The molecule has 4 rings (SSSR count). The van der Waals surface area contributed by atoms with Gasteiger partial charge in [-0.3, -0.25) is 13.9 Å². The van der Waals surface area contributed by atoms with Gasteiger partial charge < -0.3 is 9.64 Å². The highest BCUT2D eigenvalue weighted by Gasteiger charge is 2.26. The van der Waals surface area contributed by atoms with E-state index in [2.05, 4.69) is 10.5 Å². The SMILES string of the molecule is O=C(CN(c1ccccc1)S(=O)(=O)c1ccccc1)N/N=C\c1ccc(OCC(=O)N2CCCCC2)cc1. The average Bonchev–Trinajstić information content (AvgIpc) is 2.96. The molecule has 10 heteroatoms. The topological polar surface area (TPSA) is 108 Å². The Morgan fingerprint density at radius 2 is 1.53 bits per heavy atom. The maximum absolute atomic E-state index is 13.3. The van der Waals surface area contributed by atoms with E-state index >= 15 is 0 Å². The van der Waals surface area contributed by atoms with Gasteiger partial charge in [-0.2, -0.15) is 5.10 Å². The molecule has 0 unspecified atom stereocenters. The van der Waals surface area contributed by atoms with Crippen molar-refractivity contribution in [1.82, 2.24) is 10.3 Å². The number of rotatable bonds is 10. The molecular weight excluding hydrogens is 504 g/mol. The number of sulfonamides is 1. The molecule has 0 saturated carbocycles. The number of benzene rings is 3. The van der Waals surface area contributed by atoms with Crippen molar-refractivity contribution in [2.75, 3.05) is 30.5 Å². The van der Waals surface area contributed by atoms with Gasteiger partial charge in [-0.25, -0.2) is 13.8 Å². The Labute approximate surface area is 222 Å². The van der Waals surface area contributed by atoms with E-state index in [1.54, 1.807) is 72.8 Å². The van der Waals surface area contributed by atoms with Crippen LogP contribution in [-0.4, -0.2) is 57.6 Å². The molecule has 3 aromatic carbocycles. The molecule has 0 aliphatic carbocycles. The predicted octanol–water partition coefficient (Wildman–Crippen LogP) is 3.42. The first kappa shape index (κ1) is 26.9. The summed E-state index contributed by atoms with van der Waals surface area (Å²) in [6.45, 7) is 1.11. The second-order valence-corrected chi connectivity index (χ2v) is 10.6. The van der Waals surface area contributed by atoms with E-state index in [0.29, 0.717) is 17.0 Å². The van der Waals surface area contributed by atoms with Crippen LogP contribution in [0.4, 0.5) is 5.69 Å². The Kier molecular flexibility index (Phi) is 9.10. The number of carbonyl (C=O) groups excluding carboxylic acids is 2. The third-order valence-electron chi connectivity index (χ3n) is 6.02. The Morgan fingerprint density at radius 1 is 0.895 bits per heavy atom. The van der Waals surface area contributed by atoms with Crippen molar-refractivity contribution in [3.8, 4) is 5.75 Å². The minimum atomic E-state index is -3.97. The number of anilines is 1. The molecule has 1 heterocycles. The molecule has 2 amide bonds. The summed E-state index contributed by atoms with van der Waals surface area (Å²) in [6, 6.07) is 23.3. The first-order chi connectivity index (χ1) is 18.4. The molecule has 0 bridgehead atoms. The number of piperidine rings is 1. The largest absolute Gasteiger partial charge is 0.484 e. The van der Waals surface area contributed by atoms with E-state index < -0.39 is 22.5 Å². The lowest BCUT2D eigenvalue weighted by Gasteiger charge is -2.26. The van der Waals surface area contributed by atoms with Crippen molar-refractivity contribution in [3.05, 3.63) is 90.5 Å². The van der Waals surface area contributed by atoms with Crippen LogP contribution in [-0.2, 0) is 19.6 Å². The normalized spacial score (nSPS) is 13.7. The van der Waals surface area contributed by atoms with E-state index in [4.69, 9.17) is 4.74 Å². The van der Waals surface area contributed by atoms with Gasteiger partial charge in [-0.05, 0) is 73.4 Å². The quantitative estimate of drug-likeness (QED) is 0.317. The zero-order valence-electron chi connectivity index (χ0n) is 20.9. The van der Waals surface area contributed by atoms with Crippen LogP contribution in [0, 0.1) is 0 Å². The van der Waals surface area contributed by atoms with E-state index in [1.165, 1.54) is 18.3 Å². The van der Waals surface area contributed by atoms with Gasteiger partial charge in [0.05, 0.1) is 16.8 Å². The molecule has 1 fully saturated rings. The number of ether oxygens (including phenoxy) is 1. The molecule has 3 aromatic rings. The second kappa shape index (κ2) is 12.9. The van der Waals surface area contributed by atoms with E-state index in [1.807, 2.05) is 4.90 Å². The Hall–Kier alpha value is -4.18. The molecule has 0 spiro atoms. The monoisotopic (exact) mass is 534 g/mol. The fourth-order valence-corrected chi connectivity index (χ4v) is 5.45. The van der Waals surface area contributed by atoms with Crippen LogP contribution in [0.5, 0.6) is 5.75 Å². The summed E-state index contributed by atoms with van der Waals surface area (Å²) in [4.78, 5) is 26.8. The fraction of sp³-hybridized carbons (Fsp3) is 0.250. The van der Waals surface area contributed by atoms with Crippen molar-refractivity contribution in [2.45, 2.75) is 24.2 Å². The number of nitrogens with zero attached hydrogens (tertiary/aromatic N) is 3. The molecule has 1 saturated heterocycles. The lowest BCUT2D eigenvalue weighted by molar-refractivity contribution is -0.134. The molecule has 1 N–H and O–H groups in total. The van der Waals surface area contributed by atoms with E-state index in [9.17, 15) is 18.0 Å². The van der Waals surface area contributed by atoms with E-state index in [-0.39, 0.29) is 17.4 Å². The Bertz CT molecular complexity index is 1340. The standard InChI is InChI=1S/C28H30N4O5S/c33-27(21-32(24-10-4-1-5-11-24)38(35,36)26-12-6-2-7-13-26)30-29-20-23-14-16-25(17-15-23)37-22-28(34)31-18-8-3-9-19-31/h1-2,4-7,10-17,20H,3,8-9,18-19,21-22H2,(H,30,33)/b29-20-. The summed E-state index contributed by atoms with van der Waals surface area (Å²) in [5, 5.41) is 3.96. The number of nitrogens with one attached hydrogen (secondary N) is 1. The fourth-order valence-electron chi connectivity index (χ4n) is 4.00. The highest BCUT2D eigenvalue weighted by Crippen LogP contribution is 2.23. The van der Waals surface area contributed by atoms with Crippen molar-refractivity contribution < 1.29 is 22.7 Å². The average molecular weight is 535 g/mol. The van der Waals surface area contributed by atoms with Crippen LogP contribution in [0.25, 0.3) is 0 Å². The summed E-state index contributed by atoms with van der Waals surface area (Å²) in [6.07, 6.45) is 4.66. The minimum Gasteiger partial charge on any atom is -0.484 e. The summed E-state index contributed by atoms with van der Waals surface area (Å²) < 4.78 is 33.2. The summed E-state index contributed by atoms with van der Waals surface area (Å²) in [7, 11) is -3.97. The summed E-state index contributed by atoms with van der Waals surface area (Å²) in [5.41, 5.74) is 3.45. The molecule has 1 aliphatic heterocycles. The number of hydrazone groups is 1. The van der Waals surface area contributed by atoms with Gasteiger partial charge in [0.1, 0.15) is 12.3 Å². The lowest BCUT2D eigenvalue weighted by atomic mass is 10.1. The van der Waals surface area contributed by atoms with Gasteiger partial charge in [0.15, 0.2) is 6.61 Å². The van der Waals surface area contributed by atoms with Gasteiger partial charge in [-0.1, -0.05) is 36.4 Å². The molecular formula is C28H30N4O5S. The van der Waals surface area contributed by atoms with Crippen LogP contribution in [0.1, 0.15) is 24.8 Å². The second-order valence-electron chi connectivity index (χ2n) is 8.75. The predicted molar refractivity (Wildman–Crippen MR) is 146 cm³/mol. The van der Waals surface area contributed by atoms with Gasteiger partial charge in [0.2, 0.25) is 0 Å². The van der Waals surface area contributed by atoms with Gasteiger partial charge >= 0.3 is 0 Å². The van der Waals surface area contributed by atoms with Crippen LogP contribution in [0.15, 0.2) is 94.9 Å². The summed E-state index contributed by atoms with van der Waals surface area (Å²) >= 11 is 0. The molecule has 9 nitrogen and oxygen atoms in total.